The van der Waals surface area contributed by atoms with Crippen molar-refractivity contribution in [3.8, 4) is 0 Å². The number of hydrogen-bond donors (Lipinski definition) is 0. The molecule has 0 N–H and O–H groups in total. The van der Waals surface area contributed by atoms with Gasteiger partial charge >= 0.3 is 0 Å². The van der Waals surface area contributed by atoms with Crippen LogP contribution in [0.25, 0.3) is 0 Å². The third kappa shape index (κ3) is 1.85. The first kappa shape index (κ1) is 8.60. The van der Waals surface area contributed by atoms with Gasteiger partial charge in [-0.3, -0.25) is 0 Å². The standard InChI is InChI=1S/C10H9F3/c11-7-4-9(12)8(10(13)5-7)3-6-1-2-6/h4-6H,1-3H2. The van der Waals surface area contributed by atoms with Crippen LogP contribution in [0.15, 0.2) is 12.1 Å². The molecule has 0 aromatic heterocycles. The molecule has 0 spiro atoms. The predicted molar refractivity (Wildman–Crippen MR) is 42.7 cm³/mol. The summed E-state index contributed by atoms with van der Waals surface area (Å²) in [5, 5.41) is 0. The second-order valence-electron chi connectivity index (χ2n) is 3.50. The molecule has 1 aliphatic rings. The summed E-state index contributed by atoms with van der Waals surface area (Å²) < 4.78 is 38.5. The molecule has 0 saturated heterocycles. The maximum atomic E-state index is 13.0. The van der Waals surface area contributed by atoms with Crippen LogP contribution in [0.5, 0.6) is 0 Å². The molecule has 0 heterocycles. The maximum Gasteiger partial charge on any atom is 0.132 e. The minimum atomic E-state index is -0.852. The summed E-state index contributed by atoms with van der Waals surface area (Å²) in [5.74, 6) is -1.97. The lowest BCUT2D eigenvalue weighted by Gasteiger charge is -2.03. The van der Waals surface area contributed by atoms with E-state index in [-0.39, 0.29) is 5.56 Å². The van der Waals surface area contributed by atoms with Crippen LogP contribution in [-0.2, 0) is 6.42 Å². The Morgan fingerprint density at radius 1 is 1.08 bits per heavy atom. The van der Waals surface area contributed by atoms with Gasteiger partial charge in [0.05, 0.1) is 0 Å². The minimum Gasteiger partial charge on any atom is -0.207 e. The summed E-state index contributed by atoms with van der Waals surface area (Å²) in [6.45, 7) is 0. The molecular weight excluding hydrogens is 177 g/mol. The average Bonchev–Trinajstić information content (AvgIpc) is 2.79. The monoisotopic (exact) mass is 186 g/mol. The van der Waals surface area contributed by atoms with E-state index in [2.05, 4.69) is 0 Å². The van der Waals surface area contributed by atoms with Gasteiger partial charge in [0.15, 0.2) is 0 Å². The summed E-state index contributed by atoms with van der Waals surface area (Å²) >= 11 is 0. The zero-order valence-corrected chi connectivity index (χ0v) is 6.99. The van der Waals surface area contributed by atoms with Crippen LogP contribution in [-0.4, -0.2) is 0 Å². The van der Waals surface area contributed by atoms with Crippen molar-refractivity contribution in [1.29, 1.82) is 0 Å². The van der Waals surface area contributed by atoms with Crippen molar-refractivity contribution in [1.82, 2.24) is 0 Å². The maximum absolute atomic E-state index is 13.0. The molecule has 1 aromatic rings. The SMILES string of the molecule is Fc1cc(F)c(CC2CC2)c(F)c1. The second-order valence-corrected chi connectivity index (χ2v) is 3.50. The number of rotatable bonds is 2. The van der Waals surface area contributed by atoms with E-state index >= 15 is 0 Å². The lowest BCUT2D eigenvalue weighted by atomic mass is 10.1. The molecule has 3 heteroatoms. The highest BCUT2D eigenvalue weighted by molar-refractivity contribution is 5.22. The molecule has 0 unspecified atom stereocenters. The Bertz CT molecular complexity index is 306. The van der Waals surface area contributed by atoms with E-state index in [0.717, 1.165) is 25.0 Å². The van der Waals surface area contributed by atoms with Crippen LogP contribution in [0.2, 0.25) is 0 Å². The molecule has 13 heavy (non-hydrogen) atoms. The molecule has 0 nitrogen and oxygen atoms in total. The minimum absolute atomic E-state index is 0.0314. The quantitative estimate of drug-likeness (QED) is 0.665. The fourth-order valence-corrected chi connectivity index (χ4v) is 1.38. The van der Waals surface area contributed by atoms with Gasteiger partial charge < -0.3 is 0 Å². The van der Waals surface area contributed by atoms with Crippen LogP contribution in [0.4, 0.5) is 13.2 Å². The van der Waals surface area contributed by atoms with E-state index in [1.54, 1.807) is 0 Å². The normalized spacial score (nSPS) is 16.2. The molecule has 1 saturated carbocycles. The Balaban J connectivity index is 2.31. The summed E-state index contributed by atoms with van der Waals surface area (Å²) in [4.78, 5) is 0. The molecule has 2 rings (SSSR count). The largest absolute Gasteiger partial charge is 0.207 e. The smallest absolute Gasteiger partial charge is 0.132 e. The topological polar surface area (TPSA) is 0 Å². The van der Waals surface area contributed by atoms with E-state index in [1.165, 1.54) is 0 Å². The van der Waals surface area contributed by atoms with Crippen LogP contribution in [0.1, 0.15) is 18.4 Å². The molecule has 1 aliphatic carbocycles. The van der Waals surface area contributed by atoms with Crippen molar-refractivity contribution in [2.75, 3.05) is 0 Å². The summed E-state index contributed by atoms with van der Waals surface area (Å²) in [6.07, 6.45) is 2.45. The van der Waals surface area contributed by atoms with Crippen LogP contribution in [0.3, 0.4) is 0 Å². The first-order valence-corrected chi connectivity index (χ1v) is 4.30. The van der Waals surface area contributed by atoms with E-state index in [4.69, 9.17) is 0 Å². The Kier molecular flexibility index (Phi) is 2.02. The zero-order chi connectivity index (χ0) is 9.42. The zero-order valence-electron chi connectivity index (χ0n) is 6.99. The van der Waals surface area contributed by atoms with Gasteiger partial charge in [-0.15, -0.1) is 0 Å². The molecule has 70 valence electrons. The van der Waals surface area contributed by atoms with Crippen LogP contribution >= 0.6 is 0 Å². The van der Waals surface area contributed by atoms with Crippen molar-refractivity contribution >= 4 is 0 Å². The van der Waals surface area contributed by atoms with Crippen molar-refractivity contribution in [3.05, 3.63) is 35.1 Å². The Morgan fingerprint density at radius 2 is 1.62 bits per heavy atom. The summed E-state index contributed by atoms with van der Waals surface area (Å²) in [7, 11) is 0. The van der Waals surface area contributed by atoms with Gasteiger partial charge in [0, 0.05) is 17.7 Å². The van der Waals surface area contributed by atoms with Gasteiger partial charge in [0.2, 0.25) is 0 Å². The van der Waals surface area contributed by atoms with E-state index < -0.39 is 17.5 Å². The molecule has 0 aliphatic heterocycles. The highest BCUT2D eigenvalue weighted by atomic mass is 19.1. The lowest BCUT2D eigenvalue weighted by Crippen LogP contribution is -1.98. The molecule has 0 amide bonds. The highest BCUT2D eigenvalue weighted by Crippen LogP contribution is 2.34. The number of halogens is 3. The number of hydrogen-bond acceptors (Lipinski definition) is 0. The van der Waals surface area contributed by atoms with Crippen molar-refractivity contribution in [2.45, 2.75) is 19.3 Å². The summed E-state index contributed by atoms with van der Waals surface area (Å²) in [5.41, 5.74) is 0.0314. The first-order chi connectivity index (χ1) is 6.16. The van der Waals surface area contributed by atoms with Gasteiger partial charge in [-0.2, -0.15) is 0 Å². The Hall–Kier alpha value is -0.990. The van der Waals surface area contributed by atoms with Crippen LogP contribution < -0.4 is 0 Å². The molecule has 0 radical (unpaired) electrons. The van der Waals surface area contributed by atoms with E-state index in [1.807, 2.05) is 0 Å². The third-order valence-corrected chi connectivity index (χ3v) is 2.30. The predicted octanol–water partition coefficient (Wildman–Crippen LogP) is 3.06. The molecule has 1 aromatic carbocycles. The number of benzene rings is 1. The van der Waals surface area contributed by atoms with E-state index in [9.17, 15) is 13.2 Å². The first-order valence-electron chi connectivity index (χ1n) is 4.30. The molecule has 0 atom stereocenters. The fraction of sp³-hybridized carbons (Fsp3) is 0.400. The Morgan fingerprint density at radius 3 is 2.08 bits per heavy atom. The van der Waals surface area contributed by atoms with Crippen molar-refractivity contribution < 1.29 is 13.2 Å². The van der Waals surface area contributed by atoms with Crippen LogP contribution in [0, 0.1) is 23.4 Å². The molecule has 1 fully saturated rings. The van der Waals surface area contributed by atoms with Gasteiger partial charge in [-0.05, 0) is 25.2 Å². The second kappa shape index (κ2) is 3.05. The molecular formula is C10H9F3. The lowest BCUT2D eigenvalue weighted by molar-refractivity contribution is 0.518. The highest BCUT2D eigenvalue weighted by Gasteiger charge is 2.25. The van der Waals surface area contributed by atoms with Gasteiger partial charge in [-0.25, -0.2) is 13.2 Å². The summed E-state index contributed by atoms with van der Waals surface area (Å²) in [6, 6.07) is 1.47. The third-order valence-electron chi connectivity index (χ3n) is 2.30. The van der Waals surface area contributed by atoms with Gasteiger partial charge in [0.25, 0.3) is 0 Å². The van der Waals surface area contributed by atoms with Gasteiger partial charge in [0.1, 0.15) is 17.5 Å². The fourth-order valence-electron chi connectivity index (χ4n) is 1.38. The van der Waals surface area contributed by atoms with Crippen molar-refractivity contribution in [2.24, 2.45) is 5.92 Å². The van der Waals surface area contributed by atoms with Crippen molar-refractivity contribution in [3.63, 3.8) is 0 Å². The Labute approximate surface area is 74.4 Å². The van der Waals surface area contributed by atoms with Gasteiger partial charge in [-0.1, -0.05) is 0 Å². The average molecular weight is 186 g/mol. The van der Waals surface area contributed by atoms with E-state index in [0.29, 0.717) is 12.3 Å². The molecule has 0 bridgehead atoms.